The van der Waals surface area contributed by atoms with Crippen molar-refractivity contribution >= 4 is 5.97 Å². The van der Waals surface area contributed by atoms with Crippen molar-refractivity contribution in [2.75, 3.05) is 26.2 Å². The summed E-state index contributed by atoms with van der Waals surface area (Å²) in [7, 11) is 0. The third-order valence-corrected chi connectivity index (χ3v) is 3.88. The van der Waals surface area contributed by atoms with E-state index in [1.165, 1.54) is 0 Å². The van der Waals surface area contributed by atoms with Gasteiger partial charge in [-0.3, -0.25) is 9.69 Å². The van der Waals surface area contributed by atoms with Crippen molar-refractivity contribution < 1.29 is 19.4 Å². The highest BCUT2D eigenvalue weighted by molar-refractivity contribution is 5.70. The number of carboxylic acids is 1. The molecule has 0 bridgehead atoms. The highest BCUT2D eigenvalue weighted by atomic mass is 16.6. The first kappa shape index (κ1) is 13.2. The molecule has 0 saturated carbocycles. The van der Waals surface area contributed by atoms with Crippen molar-refractivity contribution in [2.45, 2.75) is 18.9 Å². The van der Waals surface area contributed by atoms with Gasteiger partial charge in [-0.05, 0) is 31.5 Å². The largest absolute Gasteiger partial charge is 0.486 e. The number of rotatable bonds is 3. The van der Waals surface area contributed by atoms with Crippen LogP contribution >= 0.6 is 0 Å². The molecule has 0 spiro atoms. The summed E-state index contributed by atoms with van der Waals surface area (Å²) in [5, 5.41) is 9.11. The number of benzene rings is 1. The molecule has 1 aromatic rings. The molecule has 5 nitrogen and oxygen atoms in total. The summed E-state index contributed by atoms with van der Waals surface area (Å²) < 4.78 is 11.6. The minimum atomic E-state index is -0.694. The van der Waals surface area contributed by atoms with Crippen molar-refractivity contribution in [3.05, 3.63) is 24.3 Å². The molecule has 108 valence electrons. The lowest BCUT2D eigenvalue weighted by Gasteiger charge is -2.35. The Bertz CT molecular complexity index is 491. The van der Waals surface area contributed by atoms with Crippen molar-refractivity contribution in [3.8, 4) is 11.5 Å². The van der Waals surface area contributed by atoms with E-state index in [9.17, 15) is 4.79 Å². The molecule has 2 heterocycles. The van der Waals surface area contributed by atoms with Gasteiger partial charge in [-0.15, -0.1) is 0 Å². The van der Waals surface area contributed by atoms with E-state index in [4.69, 9.17) is 14.6 Å². The highest BCUT2D eigenvalue weighted by Gasteiger charge is 2.29. The molecule has 0 radical (unpaired) electrons. The second kappa shape index (κ2) is 5.71. The predicted octanol–water partition coefficient (Wildman–Crippen LogP) is 1.62. The minimum Gasteiger partial charge on any atom is -0.486 e. The predicted molar refractivity (Wildman–Crippen MR) is 73.2 cm³/mol. The molecule has 0 aromatic heterocycles. The summed E-state index contributed by atoms with van der Waals surface area (Å²) in [6.45, 7) is 2.78. The van der Waals surface area contributed by atoms with E-state index in [1.807, 2.05) is 24.3 Å². The third kappa shape index (κ3) is 2.88. The van der Waals surface area contributed by atoms with Crippen LogP contribution in [-0.2, 0) is 4.79 Å². The maximum Gasteiger partial charge on any atom is 0.307 e. The lowest BCUT2D eigenvalue weighted by molar-refractivity contribution is -0.143. The van der Waals surface area contributed by atoms with Gasteiger partial charge in [0, 0.05) is 13.1 Å². The van der Waals surface area contributed by atoms with Gasteiger partial charge in [0.05, 0.1) is 5.92 Å². The molecule has 2 aliphatic rings. The van der Waals surface area contributed by atoms with E-state index in [-0.39, 0.29) is 12.0 Å². The first-order valence-electron chi connectivity index (χ1n) is 7.06. The van der Waals surface area contributed by atoms with Gasteiger partial charge in [0.2, 0.25) is 0 Å². The molecule has 20 heavy (non-hydrogen) atoms. The van der Waals surface area contributed by atoms with E-state index < -0.39 is 5.97 Å². The van der Waals surface area contributed by atoms with Crippen LogP contribution in [0, 0.1) is 5.92 Å². The van der Waals surface area contributed by atoms with Crippen molar-refractivity contribution in [2.24, 2.45) is 5.92 Å². The van der Waals surface area contributed by atoms with Crippen molar-refractivity contribution in [1.82, 2.24) is 4.90 Å². The molecule has 3 rings (SSSR count). The number of ether oxygens (including phenoxy) is 2. The summed E-state index contributed by atoms with van der Waals surface area (Å²) in [5.74, 6) is 0.614. The molecule has 1 fully saturated rings. The first-order valence-corrected chi connectivity index (χ1v) is 7.06. The molecule has 1 saturated heterocycles. The number of para-hydroxylation sites is 2. The van der Waals surface area contributed by atoms with E-state index in [1.54, 1.807) is 0 Å². The zero-order chi connectivity index (χ0) is 13.9. The fourth-order valence-corrected chi connectivity index (χ4v) is 2.86. The normalized spacial score (nSPS) is 26.2. The monoisotopic (exact) mass is 277 g/mol. The van der Waals surface area contributed by atoms with Gasteiger partial charge in [0.1, 0.15) is 12.7 Å². The summed E-state index contributed by atoms with van der Waals surface area (Å²) in [4.78, 5) is 13.2. The number of piperidine rings is 1. The van der Waals surface area contributed by atoms with Crippen LogP contribution < -0.4 is 9.47 Å². The third-order valence-electron chi connectivity index (χ3n) is 3.88. The van der Waals surface area contributed by atoms with Crippen LogP contribution in [0.1, 0.15) is 12.8 Å². The fraction of sp³-hybridized carbons (Fsp3) is 0.533. The van der Waals surface area contributed by atoms with Crippen molar-refractivity contribution in [3.63, 3.8) is 0 Å². The highest BCUT2D eigenvalue weighted by Crippen LogP contribution is 2.31. The first-order chi connectivity index (χ1) is 9.72. The molecule has 1 N–H and O–H groups in total. The number of nitrogens with zero attached hydrogens (tertiary/aromatic N) is 1. The van der Waals surface area contributed by atoms with E-state index in [0.29, 0.717) is 13.2 Å². The molecule has 0 amide bonds. The minimum absolute atomic E-state index is 0.0301. The maximum atomic E-state index is 11.1. The standard InChI is InChI=1S/C15H19NO4/c17-15(18)11-4-3-7-16(8-11)9-12-10-19-13-5-1-2-6-14(13)20-12/h1-2,5-6,11-12H,3-4,7-10H2,(H,17,18). The SMILES string of the molecule is O=C(O)C1CCCN(CC2COc3ccccc3O2)C1. The quantitative estimate of drug-likeness (QED) is 0.910. The molecule has 1 aromatic carbocycles. The Balaban J connectivity index is 1.58. The molecule has 2 atom stereocenters. The number of hydrogen-bond donors (Lipinski definition) is 1. The van der Waals surface area contributed by atoms with Crippen LogP contribution in [0.4, 0.5) is 0 Å². The molecule has 2 unspecified atom stereocenters. The van der Waals surface area contributed by atoms with Gasteiger partial charge >= 0.3 is 5.97 Å². The van der Waals surface area contributed by atoms with Gasteiger partial charge < -0.3 is 14.6 Å². The molecule has 0 aliphatic carbocycles. The number of likely N-dealkylation sites (tertiary alicyclic amines) is 1. The van der Waals surface area contributed by atoms with Gasteiger partial charge in [0.15, 0.2) is 11.5 Å². The Morgan fingerprint density at radius 2 is 2.15 bits per heavy atom. The zero-order valence-electron chi connectivity index (χ0n) is 11.3. The van der Waals surface area contributed by atoms with E-state index in [2.05, 4.69) is 4.90 Å². The van der Waals surface area contributed by atoms with E-state index in [0.717, 1.165) is 37.4 Å². The maximum absolute atomic E-state index is 11.1. The molecular weight excluding hydrogens is 258 g/mol. The van der Waals surface area contributed by atoms with Crippen molar-refractivity contribution in [1.29, 1.82) is 0 Å². The summed E-state index contributed by atoms with van der Waals surface area (Å²) in [5.41, 5.74) is 0. The summed E-state index contributed by atoms with van der Waals surface area (Å²) >= 11 is 0. The van der Waals surface area contributed by atoms with E-state index >= 15 is 0 Å². The topological polar surface area (TPSA) is 59.0 Å². The average Bonchev–Trinajstić information content (AvgIpc) is 2.47. The van der Waals surface area contributed by atoms with Gasteiger partial charge in [-0.25, -0.2) is 0 Å². The van der Waals surface area contributed by atoms with Crippen LogP contribution in [0.15, 0.2) is 24.3 Å². The van der Waals surface area contributed by atoms with Crippen LogP contribution in [0.5, 0.6) is 11.5 Å². The number of fused-ring (bicyclic) bond motifs is 1. The summed E-state index contributed by atoms with van der Waals surface area (Å²) in [6.07, 6.45) is 1.68. The van der Waals surface area contributed by atoms with Gasteiger partial charge in [-0.1, -0.05) is 12.1 Å². The fourth-order valence-electron chi connectivity index (χ4n) is 2.86. The number of carboxylic acid groups (broad SMARTS) is 1. The van der Waals surface area contributed by atoms with Gasteiger partial charge in [0.25, 0.3) is 0 Å². The molecular formula is C15H19NO4. The number of aliphatic carboxylic acids is 1. The number of carbonyl (C=O) groups is 1. The van der Waals surface area contributed by atoms with Crippen LogP contribution in [0.3, 0.4) is 0 Å². The second-order valence-electron chi connectivity index (χ2n) is 5.43. The van der Waals surface area contributed by atoms with Gasteiger partial charge in [-0.2, -0.15) is 0 Å². The Labute approximate surface area is 118 Å². The second-order valence-corrected chi connectivity index (χ2v) is 5.43. The Morgan fingerprint density at radius 3 is 2.95 bits per heavy atom. The Hall–Kier alpha value is -1.75. The molecule has 2 aliphatic heterocycles. The van der Waals surface area contributed by atoms with Crippen LogP contribution in [0.25, 0.3) is 0 Å². The summed E-state index contributed by atoms with van der Waals surface area (Å²) in [6, 6.07) is 7.64. The lowest BCUT2D eigenvalue weighted by atomic mass is 9.98. The van der Waals surface area contributed by atoms with Crippen LogP contribution in [0.2, 0.25) is 0 Å². The Kier molecular flexibility index (Phi) is 3.78. The molecule has 5 heteroatoms. The average molecular weight is 277 g/mol. The number of hydrogen-bond acceptors (Lipinski definition) is 4. The zero-order valence-corrected chi connectivity index (χ0v) is 11.3. The smallest absolute Gasteiger partial charge is 0.307 e. The Morgan fingerprint density at radius 1 is 1.35 bits per heavy atom. The van der Waals surface area contributed by atoms with Crippen LogP contribution in [-0.4, -0.2) is 48.3 Å². The lowest BCUT2D eigenvalue weighted by Crippen LogP contribution is -2.46.